The molecule has 0 aromatic rings. The van der Waals surface area contributed by atoms with E-state index in [4.69, 9.17) is 0 Å². The molecule has 0 fully saturated rings. The van der Waals surface area contributed by atoms with Crippen LogP contribution in [-0.4, -0.2) is 48.6 Å². The van der Waals surface area contributed by atoms with Gasteiger partial charge in [-0.1, -0.05) is 13.8 Å². The number of rotatable bonds is 10. The molecular weight excluding hydrogens is 416 g/mol. The number of carbonyl (C=O) groups excluding carboxylic acids is 1. The van der Waals surface area contributed by atoms with Crippen LogP contribution in [0.1, 0.15) is 26.7 Å². The number of hydrogen-bond acceptors (Lipinski definition) is 2. The topological polar surface area (TPSA) is 26.3 Å². The summed E-state index contributed by atoms with van der Waals surface area (Å²) in [6.45, 7) is 1.04. The van der Waals surface area contributed by atoms with Crippen LogP contribution in [0.4, 0.5) is 52.7 Å². The summed E-state index contributed by atoms with van der Waals surface area (Å²) in [5.41, 5.74) is 0. The summed E-state index contributed by atoms with van der Waals surface area (Å²) in [6.07, 6.45) is -7.87. The van der Waals surface area contributed by atoms with Gasteiger partial charge in [0.15, 0.2) is 0 Å². The fraction of sp³-hybridized carbons (Fsp3) is 0.923. The van der Waals surface area contributed by atoms with Crippen molar-refractivity contribution in [2.24, 2.45) is 5.92 Å². The number of carbonyl (C=O) groups is 1. The van der Waals surface area contributed by atoms with Gasteiger partial charge >= 0.3 is 42.0 Å². The van der Waals surface area contributed by atoms with Crippen molar-refractivity contribution in [3.05, 3.63) is 0 Å². The minimum absolute atomic E-state index is 0.123. The molecular formula is C13H14F12O2. The molecule has 0 aliphatic rings. The first kappa shape index (κ1) is 25.6. The molecule has 0 bridgehead atoms. The highest BCUT2D eigenvalue weighted by atomic mass is 19.4. The van der Waals surface area contributed by atoms with Crippen molar-refractivity contribution in [1.29, 1.82) is 0 Å². The van der Waals surface area contributed by atoms with E-state index in [0.29, 0.717) is 0 Å². The zero-order valence-corrected chi connectivity index (χ0v) is 13.6. The molecule has 2 nitrogen and oxygen atoms in total. The molecule has 0 rings (SSSR count). The van der Waals surface area contributed by atoms with Gasteiger partial charge in [-0.15, -0.1) is 0 Å². The maximum atomic E-state index is 13.4. The van der Waals surface area contributed by atoms with E-state index in [0.717, 1.165) is 0 Å². The van der Waals surface area contributed by atoms with E-state index >= 15 is 0 Å². The molecule has 0 amide bonds. The molecule has 0 N–H and O–H groups in total. The van der Waals surface area contributed by atoms with E-state index in [1.165, 1.54) is 13.8 Å². The Hall–Kier alpha value is -1.37. The Kier molecular flexibility index (Phi) is 7.53. The summed E-state index contributed by atoms with van der Waals surface area (Å²) >= 11 is 0. The van der Waals surface area contributed by atoms with Crippen LogP contribution in [0.15, 0.2) is 0 Å². The highest BCUT2D eigenvalue weighted by molar-refractivity contribution is 5.71. The number of hydrogen-bond donors (Lipinski definition) is 0. The van der Waals surface area contributed by atoms with Crippen molar-refractivity contribution < 1.29 is 62.2 Å². The quantitative estimate of drug-likeness (QED) is 0.343. The number of halogens is 12. The van der Waals surface area contributed by atoms with Gasteiger partial charge in [0.1, 0.15) is 0 Å². The number of alkyl halides is 12. The lowest BCUT2D eigenvalue weighted by Gasteiger charge is -2.39. The monoisotopic (exact) mass is 430 g/mol. The maximum absolute atomic E-state index is 13.4. The highest BCUT2D eigenvalue weighted by Gasteiger charge is 2.87. The Morgan fingerprint density at radius 1 is 0.852 bits per heavy atom. The Morgan fingerprint density at radius 2 is 1.30 bits per heavy atom. The highest BCUT2D eigenvalue weighted by Crippen LogP contribution is 2.58. The van der Waals surface area contributed by atoms with Gasteiger partial charge in [-0.2, -0.15) is 43.9 Å². The van der Waals surface area contributed by atoms with Crippen LogP contribution in [0.2, 0.25) is 0 Å². The fourth-order valence-corrected chi connectivity index (χ4v) is 1.52. The van der Waals surface area contributed by atoms with Crippen LogP contribution in [0, 0.1) is 5.92 Å². The van der Waals surface area contributed by atoms with Crippen LogP contribution in [-0.2, 0) is 9.53 Å². The summed E-state index contributed by atoms with van der Waals surface area (Å²) in [7, 11) is 0. The summed E-state index contributed by atoms with van der Waals surface area (Å²) in [6, 6.07) is 0. The number of esters is 1. The summed E-state index contributed by atoms with van der Waals surface area (Å²) in [5.74, 6) is -37.5. The van der Waals surface area contributed by atoms with Gasteiger partial charge in [-0.3, -0.25) is 4.79 Å². The van der Waals surface area contributed by atoms with Crippen molar-refractivity contribution in [3.8, 4) is 0 Å². The van der Waals surface area contributed by atoms with E-state index < -0.39 is 61.0 Å². The van der Waals surface area contributed by atoms with Crippen molar-refractivity contribution in [2.45, 2.75) is 62.7 Å². The maximum Gasteiger partial charge on any atom is 0.384 e. The Bertz CT molecular complexity index is 517. The van der Waals surface area contributed by atoms with Crippen LogP contribution >= 0.6 is 0 Å². The smallest absolute Gasteiger partial charge is 0.384 e. The third-order valence-electron chi connectivity index (χ3n) is 3.62. The molecule has 0 heterocycles. The van der Waals surface area contributed by atoms with Gasteiger partial charge in [0.05, 0.1) is 18.9 Å². The Balaban J connectivity index is 5.57. The van der Waals surface area contributed by atoms with E-state index in [9.17, 15) is 57.5 Å². The van der Waals surface area contributed by atoms with Crippen molar-refractivity contribution in [3.63, 3.8) is 0 Å². The van der Waals surface area contributed by atoms with Crippen molar-refractivity contribution >= 4 is 5.97 Å². The third kappa shape index (κ3) is 4.39. The predicted molar refractivity (Wildman–Crippen MR) is 65.8 cm³/mol. The van der Waals surface area contributed by atoms with Gasteiger partial charge in [0.25, 0.3) is 0 Å². The molecule has 0 spiro atoms. The lowest BCUT2D eigenvalue weighted by molar-refractivity contribution is -0.413. The van der Waals surface area contributed by atoms with Crippen molar-refractivity contribution in [2.75, 3.05) is 6.61 Å². The average molecular weight is 430 g/mol. The van der Waals surface area contributed by atoms with E-state index in [1.807, 2.05) is 0 Å². The molecule has 0 saturated heterocycles. The second kappa shape index (κ2) is 7.94. The van der Waals surface area contributed by atoms with E-state index in [1.54, 1.807) is 0 Å². The van der Waals surface area contributed by atoms with Gasteiger partial charge < -0.3 is 4.74 Å². The minimum atomic E-state index is -7.57. The zero-order chi connectivity index (χ0) is 22.1. The summed E-state index contributed by atoms with van der Waals surface area (Å²) < 4.78 is 159. The van der Waals surface area contributed by atoms with Gasteiger partial charge in [-0.05, 0) is 6.42 Å². The first-order valence-corrected chi connectivity index (χ1v) is 7.15. The van der Waals surface area contributed by atoms with Crippen LogP contribution in [0.5, 0.6) is 0 Å². The molecule has 1 atom stereocenters. The normalized spacial score (nSPS) is 15.8. The predicted octanol–water partition coefficient (Wildman–Crippen LogP) is 5.41. The molecule has 162 valence electrons. The molecule has 0 aliphatic heterocycles. The van der Waals surface area contributed by atoms with Crippen LogP contribution in [0.3, 0.4) is 0 Å². The standard InChI is InChI=1S/C13H14F12O2/c1-3-6(2)7(26)27-5-4-9(16,17)11(20,21)13(24,25)12(22,23)10(18,19)8(14)15/h6,8H,3-5H2,1-2H3. The summed E-state index contributed by atoms with van der Waals surface area (Å²) in [4.78, 5) is 11.2. The molecule has 0 radical (unpaired) electrons. The van der Waals surface area contributed by atoms with Gasteiger partial charge in [0.2, 0.25) is 0 Å². The summed E-state index contributed by atoms with van der Waals surface area (Å²) in [5, 5.41) is 0. The van der Waals surface area contributed by atoms with Gasteiger partial charge in [-0.25, -0.2) is 8.78 Å². The molecule has 0 aliphatic carbocycles. The van der Waals surface area contributed by atoms with Crippen molar-refractivity contribution in [1.82, 2.24) is 0 Å². The Morgan fingerprint density at radius 3 is 1.67 bits per heavy atom. The molecule has 0 saturated carbocycles. The van der Waals surface area contributed by atoms with Gasteiger partial charge in [0, 0.05) is 0 Å². The SMILES string of the molecule is CCC(C)C(=O)OCCC(F)(F)C(F)(F)C(F)(F)C(F)(F)C(F)(F)C(F)F. The van der Waals surface area contributed by atoms with E-state index in [-0.39, 0.29) is 6.42 Å². The fourth-order valence-electron chi connectivity index (χ4n) is 1.52. The average Bonchev–Trinajstić information content (AvgIpc) is 2.52. The lowest BCUT2D eigenvalue weighted by Crippen LogP contribution is -2.68. The number of ether oxygens (including phenoxy) is 1. The first-order chi connectivity index (χ1) is 11.8. The lowest BCUT2D eigenvalue weighted by atomic mass is 9.93. The molecule has 0 aromatic heterocycles. The molecule has 0 aromatic carbocycles. The second-order valence-corrected chi connectivity index (χ2v) is 5.58. The molecule has 27 heavy (non-hydrogen) atoms. The second-order valence-electron chi connectivity index (χ2n) is 5.58. The third-order valence-corrected chi connectivity index (χ3v) is 3.62. The zero-order valence-electron chi connectivity index (χ0n) is 13.6. The van der Waals surface area contributed by atoms with Crippen LogP contribution < -0.4 is 0 Å². The first-order valence-electron chi connectivity index (χ1n) is 7.15. The molecule has 1 unspecified atom stereocenters. The Labute approximate surface area is 144 Å². The van der Waals surface area contributed by atoms with E-state index in [2.05, 4.69) is 4.74 Å². The molecule has 14 heteroatoms. The minimum Gasteiger partial charge on any atom is -0.465 e. The largest absolute Gasteiger partial charge is 0.465 e. The van der Waals surface area contributed by atoms with Crippen LogP contribution in [0.25, 0.3) is 0 Å².